The molecular formula is C26H27N3O3. The number of para-hydroxylation sites is 1. The van der Waals surface area contributed by atoms with Crippen molar-refractivity contribution in [2.24, 2.45) is 5.92 Å². The van der Waals surface area contributed by atoms with Gasteiger partial charge in [-0.3, -0.25) is 14.2 Å². The van der Waals surface area contributed by atoms with Gasteiger partial charge in [0.1, 0.15) is 5.78 Å². The Morgan fingerprint density at radius 3 is 2.72 bits per heavy atom. The van der Waals surface area contributed by atoms with Crippen LogP contribution in [0.4, 0.5) is 5.69 Å². The highest BCUT2D eigenvalue weighted by Crippen LogP contribution is 2.34. The monoisotopic (exact) mass is 429 g/mol. The lowest BCUT2D eigenvalue weighted by atomic mass is 9.85. The normalized spacial score (nSPS) is 19.8. The highest BCUT2D eigenvalue weighted by Gasteiger charge is 2.29. The van der Waals surface area contributed by atoms with E-state index in [-0.39, 0.29) is 29.3 Å². The van der Waals surface area contributed by atoms with Gasteiger partial charge < -0.3 is 10.3 Å². The van der Waals surface area contributed by atoms with E-state index in [2.05, 4.69) is 34.6 Å². The molecule has 1 fully saturated rings. The number of hydrogen-bond donors (Lipinski definition) is 2. The third-order valence-electron chi connectivity index (χ3n) is 6.76. The highest BCUT2D eigenvalue weighted by atomic mass is 16.2. The number of fused-ring (bicyclic) bond motifs is 2. The van der Waals surface area contributed by atoms with Crippen molar-refractivity contribution in [3.63, 3.8) is 0 Å². The number of aromatic nitrogens is 2. The lowest BCUT2D eigenvalue weighted by Gasteiger charge is -2.28. The average molecular weight is 430 g/mol. The number of nitrogens with one attached hydrogen (secondary N) is 2. The molecule has 1 heterocycles. The van der Waals surface area contributed by atoms with E-state index in [0.717, 1.165) is 54.4 Å². The summed E-state index contributed by atoms with van der Waals surface area (Å²) in [6.45, 7) is 1.56. The topological polar surface area (TPSA) is 84.0 Å². The SMILES string of the molecule is CC(=O)Cc1cccc2c1[nH]c(=O)n2C1CCC(C(=O)Nc2ccc3c(c2)CC=C3)CC1. The van der Waals surface area contributed by atoms with E-state index in [4.69, 9.17) is 0 Å². The van der Waals surface area contributed by atoms with Crippen molar-refractivity contribution >= 4 is 34.5 Å². The van der Waals surface area contributed by atoms with Gasteiger partial charge in [0.2, 0.25) is 5.91 Å². The second-order valence-corrected chi connectivity index (χ2v) is 9.00. The summed E-state index contributed by atoms with van der Waals surface area (Å²) in [4.78, 5) is 40.2. The molecule has 1 aromatic heterocycles. The molecule has 0 aliphatic heterocycles. The number of benzene rings is 2. The molecule has 0 bridgehead atoms. The summed E-state index contributed by atoms with van der Waals surface area (Å²) in [7, 11) is 0. The van der Waals surface area contributed by atoms with Gasteiger partial charge in [-0.2, -0.15) is 0 Å². The van der Waals surface area contributed by atoms with Crippen molar-refractivity contribution in [3.05, 3.63) is 69.6 Å². The molecule has 0 spiro atoms. The number of hydrogen-bond acceptors (Lipinski definition) is 3. The minimum absolute atomic E-state index is 0.0492. The van der Waals surface area contributed by atoms with Crippen LogP contribution in [0.2, 0.25) is 0 Å². The van der Waals surface area contributed by atoms with E-state index in [1.54, 1.807) is 6.92 Å². The molecule has 0 radical (unpaired) electrons. The zero-order chi connectivity index (χ0) is 22.2. The summed E-state index contributed by atoms with van der Waals surface area (Å²) in [5.41, 5.74) is 5.62. The predicted octanol–water partition coefficient (Wildman–Crippen LogP) is 4.40. The van der Waals surface area contributed by atoms with Crippen molar-refractivity contribution < 1.29 is 9.59 Å². The number of rotatable bonds is 5. The van der Waals surface area contributed by atoms with Crippen molar-refractivity contribution in [1.82, 2.24) is 9.55 Å². The smallest absolute Gasteiger partial charge is 0.326 e. The first-order valence-corrected chi connectivity index (χ1v) is 11.3. The zero-order valence-corrected chi connectivity index (χ0v) is 18.2. The molecule has 2 N–H and O–H groups in total. The van der Waals surface area contributed by atoms with Gasteiger partial charge in [0.15, 0.2) is 0 Å². The Morgan fingerprint density at radius 1 is 1.12 bits per heavy atom. The quantitative estimate of drug-likeness (QED) is 0.630. The van der Waals surface area contributed by atoms with E-state index in [9.17, 15) is 14.4 Å². The van der Waals surface area contributed by atoms with Crippen LogP contribution < -0.4 is 11.0 Å². The highest BCUT2D eigenvalue weighted by molar-refractivity contribution is 5.93. The molecule has 3 aromatic rings. The van der Waals surface area contributed by atoms with Crippen molar-refractivity contribution in [2.45, 2.75) is 51.5 Å². The fraction of sp³-hybridized carbons (Fsp3) is 0.346. The fourth-order valence-corrected chi connectivity index (χ4v) is 5.16. The number of imidazole rings is 1. The van der Waals surface area contributed by atoms with Crippen LogP contribution >= 0.6 is 0 Å². The van der Waals surface area contributed by atoms with Gasteiger partial charge in [0.05, 0.1) is 11.0 Å². The van der Waals surface area contributed by atoms with Crippen LogP contribution in [0, 0.1) is 5.92 Å². The summed E-state index contributed by atoms with van der Waals surface area (Å²) >= 11 is 0. The van der Waals surface area contributed by atoms with Gasteiger partial charge in [-0.05, 0) is 73.9 Å². The van der Waals surface area contributed by atoms with Gasteiger partial charge in [-0.15, -0.1) is 0 Å². The van der Waals surface area contributed by atoms with E-state index in [1.165, 1.54) is 11.1 Å². The van der Waals surface area contributed by atoms with Crippen LogP contribution in [0.5, 0.6) is 0 Å². The van der Waals surface area contributed by atoms with Crippen molar-refractivity contribution in [3.8, 4) is 0 Å². The molecule has 1 saturated carbocycles. The molecule has 0 saturated heterocycles. The molecule has 1 amide bonds. The number of nitrogens with zero attached hydrogens (tertiary/aromatic N) is 1. The van der Waals surface area contributed by atoms with Gasteiger partial charge in [-0.25, -0.2) is 4.79 Å². The van der Waals surface area contributed by atoms with Gasteiger partial charge in [-0.1, -0.05) is 30.4 Å². The van der Waals surface area contributed by atoms with Gasteiger partial charge in [0, 0.05) is 24.1 Å². The third-order valence-corrected chi connectivity index (χ3v) is 6.76. The molecule has 2 aliphatic rings. The summed E-state index contributed by atoms with van der Waals surface area (Å²) < 4.78 is 1.82. The number of Topliss-reactive ketones (excluding diaryl/α,β-unsaturated/α-hetero) is 1. The zero-order valence-electron chi connectivity index (χ0n) is 18.2. The molecule has 32 heavy (non-hydrogen) atoms. The third kappa shape index (κ3) is 3.81. The predicted molar refractivity (Wildman–Crippen MR) is 126 cm³/mol. The Kier molecular flexibility index (Phi) is 5.29. The van der Waals surface area contributed by atoms with E-state index >= 15 is 0 Å². The minimum Gasteiger partial charge on any atom is -0.326 e. The lowest BCUT2D eigenvalue weighted by Crippen LogP contribution is -2.31. The lowest BCUT2D eigenvalue weighted by molar-refractivity contribution is -0.121. The maximum atomic E-state index is 12.9. The number of amides is 1. The first-order chi connectivity index (χ1) is 15.5. The van der Waals surface area contributed by atoms with Crippen LogP contribution in [-0.4, -0.2) is 21.2 Å². The maximum absolute atomic E-state index is 12.9. The maximum Gasteiger partial charge on any atom is 0.326 e. The number of ketones is 1. The van der Waals surface area contributed by atoms with Crippen LogP contribution in [0.1, 0.15) is 55.3 Å². The first kappa shape index (κ1) is 20.5. The second kappa shape index (κ2) is 8.26. The summed E-state index contributed by atoms with van der Waals surface area (Å²) in [6.07, 6.45) is 8.50. The molecule has 0 unspecified atom stereocenters. The number of H-pyrrole nitrogens is 1. The standard InChI is InChI=1S/C26H27N3O3/c1-16(30)14-20-6-3-7-23-24(20)28-26(32)29(23)22-12-9-18(10-13-22)25(31)27-21-11-8-17-4-2-5-19(17)15-21/h2-4,6-8,11,15,18,22H,5,9-10,12-14H2,1H3,(H,27,31)(H,28,32). The Morgan fingerprint density at radius 2 is 1.94 bits per heavy atom. The minimum atomic E-state index is -0.143. The van der Waals surface area contributed by atoms with Crippen molar-refractivity contribution in [1.29, 1.82) is 0 Å². The van der Waals surface area contributed by atoms with Crippen LogP contribution in [-0.2, 0) is 22.4 Å². The molecule has 5 rings (SSSR count). The summed E-state index contributed by atoms with van der Waals surface area (Å²) in [5.74, 6) is 0.0773. The molecule has 2 aliphatic carbocycles. The van der Waals surface area contributed by atoms with E-state index in [1.807, 2.05) is 28.8 Å². The van der Waals surface area contributed by atoms with Crippen LogP contribution in [0.3, 0.4) is 0 Å². The van der Waals surface area contributed by atoms with E-state index < -0.39 is 0 Å². The number of carbonyl (C=O) groups is 2. The average Bonchev–Trinajstić information content (AvgIpc) is 3.37. The van der Waals surface area contributed by atoms with Gasteiger partial charge in [0.25, 0.3) is 0 Å². The molecule has 6 nitrogen and oxygen atoms in total. The Bertz CT molecular complexity index is 1290. The molecule has 6 heteroatoms. The Labute approximate surface area is 186 Å². The summed E-state index contributed by atoms with van der Waals surface area (Å²) in [6, 6.07) is 11.8. The largest absolute Gasteiger partial charge is 0.326 e. The Hall–Kier alpha value is -3.41. The van der Waals surface area contributed by atoms with Crippen LogP contribution in [0.15, 0.2) is 47.3 Å². The molecular weight excluding hydrogens is 402 g/mol. The van der Waals surface area contributed by atoms with Gasteiger partial charge >= 0.3 is 5.69 Å². The molecule has 2 aromatic carbocycles. The first-order valence-electron chi connectivity index (χ1n) is 11.3. The van der Waals surface area contributed by atoms with Crippen LogP contribution in [0.25, 0.3) is 17.1 Å². The Balaban J connectivity index is 1.28. The fourth-order valence-electron chi connectivity index (χ4n) is 5.16. The number of carbonyl (C=O) groups excluding carboxylic acids is 2. The number of anilines is 1. The van der Waals surface area contributed by atoms with E-state index in [0.29, 0.717) is 6.42 Å². The number of aromatic amines is 1. The second-order valence-electron chi connectivity index (χ2n) is 9.00. The molecule has 0 atom stereocenters. The number of allylic oxidation sites excluding steroid dienone is 1. The van der Waals surface area contributed by atoms with Crippen molar-refractivity contribution in [2.75, 3.05) is 5.32 Å². The molecule has 164 valence electrons. The summed E-state index contributed by atoms with van der Waals surface area (Å²) in [5, 5.41) is 3.08.